The van der Waals surface area contributed by atoms with Crippen LogP contribution in [0.5, 0.6) is 0 Å². The van der Waals surface area contributed by atoms with Crippen LogP contribution in [0, 0.1) is 0 Å². The molecule has 0 unspecified atom stereocenters. The van der Waals surface area contributed by atoms with Gasteiger partial charge < -0.3 is 10.8 Å². The molecule has 34 heavy (non-hydrogen) atoms. The lowest BCUT2D eigenvalue weighted by molar-refractivity contribution is -0.141. The van der Waals surface area contributed by atoms with E-state index in [2.05, 4.69) is 4.98 Å². The highest BCUT2D eigenvalue weighted by molar-refractivity contribution is 7.19. The van der Waals surface area contributed by atoms with Gasteiger partial charge in [0.25, 0.3) is 0 Å². The van der Waals surface area contributed by atoms with Crippen LogP contribution in [-0.4, -0.2) is 20.7 Å². The van der Waals surface area contributed by atoms with Crippen molar-refractivity contribution in [1.82, 2.24) is 9.97 Å². The lowest BCUT2D eigenvalue weighted by Crippen LogP contribution is -2.58. The van der Waals surface area contributed by atoms with Gasteiger partial charge in [-0.3, -0.25) is 4.98 Å². The summed E-state index contributed by atoms with van der Waals surface area (Å²) in [6, 6.07) is 19.9. The molecular formula is C26H22F3N3OS. The van der Waals surface area contributed by atoms with Crippen molar-refractivity contribution in [1.29, 1.82) is 0 Å². The van der Waals surface area contributed by atoms with Gasteiger partial charge in [0.2, 0.25) is 0 Å². The van der Waals surface area contributed by atoms with E-state index in [1.165, 1.54) is 23.6 Å². The topological polar surface area (TPSA) is 72.0 Å². The molecule has 0 radical (unpaired) electrons. The molecule has 8 heteroatoms. The molecule has 0 aliphatic heterocycles. The van der Waals surface area contributed by atoms with Crippen molar-refractivity contribution >= 4 is 11.3 Å². The second kappa shape index (κ2) is 8.01. The third-order valence-electron chi connectivity index (χ3n) is 6.09. The molecule has 0 amide bonds. The molecule has 2 aromatic carbocycles. The maximum absolute atomic E-state index is 12.9. The van der Waals surface area contributed by atoms with E-state index in [-0.39, 0.29) is 0 Å². The molecule has 0 saturated heterocycles. The number of halogens is 3. The predicted molar refractivity (Wildman–Crippen MR) is 127 cm³/mol. The zero-order chi connectivity index (χ0) is 24.1. The first-order valence-electron chi connectivity index (χ1n) is 10.8. The van der Waals surface area contributed by atoms with E-state index in [0.717, 1.165) is 33.3 Å². The number of alkyl halides is 3. The average Bonchev–Trinajstić information content (AvgIpc) is 3.23. The first kappa shape index (κ1) is 22.7. The van der Waals surface area contributed by atoms with Crippen molar-refractivity contribution in [2.75, 3.05) is 0 Å². The fourth-order valence-electron chi connectivity index (χ4n) is 4.58. The quantitative estimate of drug-likeness (QED) is 0.361. The molecule has 1 saturated carbocycles. The van der Waals surface area contributed by atoms with Crippen LogP contribution in [0.2, 0.25) is 0 Å². The summed E-state index contributed by atoms with van der Waals surface area (Å²) in [6.45, 7) is 1.78. The molecule has 4 aromatic rings. The molecule has 0 bridgehead atoms. The molecule has 1 aliphatic carbocycles. The molecule has 4 nitrogen and oxygen atoms in total. The van der Waals surface area contributed by atoms with Crippen molar-refractivity contribution in [3.8, 4) is 32.3 Å². The van der Waals surface area contributed by atoms with Crippen molar-refractivity contribution in [2.24, 2.45) is 5.73 Å². The van der Waals surface area contributed by atoms with Gasteiger partial charge in [-0.25, -0.2) is 4.98 Å². The molecule has 2 aromatic heterocycles. The van der Waals surface area contributed by atoms with Crippen LogP contribution < -0.4 is 5.73 Å². The van der Waals surface area contributed by atoms with Gasteiger partial charge in [0.15, 0.2) is 0 Å². The van der Waals surface area contributed by atoms with Crippen LogP contribution in [0.15, 0.2) is 72.9 Å². The van der Waals surface area contributed by atoms with Crippen LogP contribution >= 0.6 is 11.3 Å². The predicted octanol–water partition coefficient (Wildman–Crippen LogP) is 6.26. The number of thiazole rings is 1. The summed E-state index contributed by atoms with van der Waals surface area (Å²) in [5.41, 5.74) is 8.30. The van der Waals surface area contributed by atoms with Crippen LogP contribution in [0.1, 0.15) is 31.0 Å². The van der Waals surface area contributed by atoms with E-state index in [9.17, 15) is 18.3 Å². The number of hydrogen-bond acceptors (Lipinski definition) is 5. The third-order valence-corrected chi connectivity index (χ3v) is 7.24. The fraction of sp³-hybridized carbons (Fsp3) is 0.231. The maximum atomic E-state index is 12.9. The summed E-state index contributed by atoms with van der Waals surface area (Å²) in [4.78, 5) is 9.29. The fourth-order valence-corrected chi connectivity index (χ4v) is 5.67. The number of aliphatic hydroxyl groups is 1. The first-order valence-corrected chi connectivity index (χ1v) is 11.6. The van der Waals surface area contributed by atoms with Crippen molar-refractivity contribution < 1.29 is 18.3 Å². The summed E-state index contributed by atoms with van der Waals surface area (Å²) in [5.74, 6) is 0. The number of pyridine rings is 1. The highest BCUT2D eigenvalue weighted by Crippen LogP contribution is 2.47. The summed E-state index contributed by atoms with van der Waals surface area (Å²) in [7, 11) is 0. The lowest BCUT2D eigenvalue weighted by atomic mass is 9.63. The summed E-state index contributed by atoms with van der Waals surface area (Å²) >= 11 is 1.41. The number of benzene rings is 2. The van der Waals surface area contributed by atoms with E-state index in [4.69, 9.17) is 10.7 Å². The van der Waals surface area contributed by atoms with Crippen molar-refractivity contribution in [2.45, 2.75) is 37.1 Å². The van der Waals surface area contributed by atoms with E-state index in [0.29, 0.717) is 23.4 Å². The van der Waals surface area contributed by atoms with Crippen LogP contribution in [-0.2, 0) is 11.7 Å². The van der Waals surface area contributed by atoms with E-state index >= 15 is 0 Å². The first-order chi connectivity index (χ1) is 16.0. The molecule has 5 rings (SSSR count). The van der Waals surface area contributed by atoms with Gasteiger partial charge in [0, 0.05) is 22.9 Å². The number of nitrogens with two attached hydrogens (primary N) is 1. The van der Waals surface area contributed by atoms with E-state index in [1.54, 1.807) is 6.92 Å². The number of rotatable bonds is 4. The molecule has 1 aliphatic rings. The molecule has 2 heterocycles. The Bertz CT molecular complexity index is 1310. The Morgan fingerprint density at radius 3 is 2.12 bits per heavy atom. The maximum Gasteiger partial charge on any atom is 0.433 e. The summed E-state index contributed by atoms with van der Waals surface area (Å²) in [6.07, 6.45) is -2.28. The third kappa shape index (κ3) is 4.24. The van der Waals surface area contributed by atoms with Gasteiger partial charge in [-0.2, -0.15) is 13.2 Å². The Morgan fingerprint density at radius 1 is 0.912 bits per heavy atom. The zero-order valence-corrected chi connectivity index (χ0v) is 19.1. The Kier molecular flexibility index (Phi) is 5.35. The van der Waals surface area contributed by atoms with Crippen molar-refractivity contribution in [3.63, 3.8) is 0 Å². The Balaban J connectivity index is 1.53. The smallest absolute Gasteiger partial charge is 0.390 e. The lowest BCUT2D eigenvalue weighted by Gasteiger charge is -2.49. The monoisotopic (exact) mass is 481 g/mol. The minimum absolute atomic E-state index is 0.496. The van der Waals surface area contributed by atoms with Gasteiger partial charge >= 0.3 is 6.18 Å². The van der Waals surface area contributed by atoms with Gasteiger partial charge in [-0.1, -0.05) is 54.6 Å². The molecule has 3 N–H and O–H groups in total. The second-order valence-corrected chi connectivity index (χ2v) is 10.1. The van der Waals surface area contributed by atoms with Gasteiger partial charge in [-0.15, -0.1) is 11.3 Å². The van der Waals surface area contributed by atoms with Gasteiger partial charge in [-0.05, 0) is 43.0 Å². The highest BCUT2D eigenvalue weighted by atomic mass is 32.1. The second-order valence-electron chi connectivity index (χ2n) is 9.08. The van der Waals surface area contributed by atoms with Gasteiger partial charge in [0.05, 0.1) is 16.2 Å². The molecule has 174 valence electrons. The number of nitrogens with zero attached hydrogens (tertiary/aromatic N) is 2. The van der Waals surface area contributed by atoms with E-state index in [1.807, 2.05) is 54.6 Å². The molecule has 0 atom stereocenters. The van der Waals surface area contributed by atoms with Crippen LogP contribution in [0.4, 0.5) is 13.2 Å². The Labute approximate surface area is 198 Å². The van der Waals surface area contributed by atoms with Crippen LogP contribution in [0.3, 0.4) is 0 Å². The number of hydrogen-bond donors (Lipinski definition) is 2. The highest BCUT2D eigenvalue weighted by Gasteiger charge is 2.49. The number of aromatic nitrogens is 2. The summed E-state index contributed by atoms with van der Waals surface area (Å²) < 4.78 is 38.8. The largest absolute Gasteiger partial charge is 0.433 e. The Morgan fingerprint density at radius 2 is 1.56 bits per heavy atom. The standard InChI is InChI=1S/C26H22F3N3OS/c1-24(33)14-25(30,15-24)19-10-7-16(8-11-19)21-22(17-5-3-2-4-6-17)34-23(32-21)18-9-12-20(31-13-18)26(27,28)29/h2-13,33H,14-15,30H2,1H3/t24-,25-. The summed E-state index contributed by atoms with van der Waals surface area (Å²) in [5, 5.41) is 10.7. The zero-order valence-electron chi connectivity index (χ0n) is 18.3. The molecular weight excluding hydrogens is 459 g/mol. The van der Waals surface area contributed by atoms with Crippen molar-refractivity contribution in [3.05, 3.63) is 84.2 Å². The van der Waals surface area contributed by atoms with E-state index < -0.39 is 23.0 Å². The normalized spacial score (nSPS) is 22.4. The minimum Gasteiger partial charge on any atom is -0.390 e. The Hall–Kier alpha value is -3.07. The van der Waals surface area contributed by atoms with Crippen LogP contribution in [0.25, 0.3) is 32.3 Å². The molecule has 1 fully saturated rings. The average molecular weight is 482 g/mol. The SMILES string of the molecule is C[C@]1(O)C[C@@](N)(c2ccc(-c3nc(-c4ccc(C(F)(F)F)nc4)sc3-c3ccccc3)cc2)C1. The van der Waals surface area contributed by atoms with Gasteiger partial charge in [0.1, 0.15) is 10.7 Å². The molecule has 0 spiro atoms. The minimum atomic E-state index is -4.49.